The molecule has 6 heteroatoms. The van der Waals surface area contributed by atoms with Gasteiger partial charge in [-0.05, 0) is 11.5 Å². The topological polar surface area (TPSA) is 80.7 Å². The molecule has 2 aromatic rings. The minimum absolute atomic E-state index is 0.00509. The van der Waals surface area contributed by atoms with Crippen molar-refractivity contribution in [3.05, 3.63) is 42.5 Å². The molecular formula is C11H8O5S. The van der Waals surface area contributed by atoms with E-state index in [1.807, 2.05) is 0 Å². The Labute approximate surface area is 97.4 Å². The third-order valence-electron chi connectivity index (χ3n) is 2.16. The molecule has 88 valence electrons. The fourth-order valence-electron chi connectivity index (χ4n) is 1.42. The van der Waals surface area contributed by atoms with Gasteiger partial charge in [-0.25, -0.2) is 4.79 Å². The zero-order chi connectivity index (χ0) is 12.5. The Hall–Kier alpha value is -2.08. The quantitative estimate of drug-likeness (QED) is 0.829. The van der Waals surface area contributed by atoms with E-state index in [9.17, 15) is 13.2 Å². The molecule has 0 spiro atoms. The number of carbonyl (C=O) groups is 1. The lowest BCUT2D eigenvalue weighted by Crippen LogP contribution is -2.18. The first-order valence-corrected chi connectivity index (χ1v) is 6.07. The lowest BCUT2D eigenvalue weighted by atomic mass is 10.1. The fourth-order valence-corrected chi connectivity index (χ4v) is 1.88. The summed E-state index contributed by atoms with van der Waals surface area (Å²) in [4.78, 5) is 10.4. The van der Waals surface area contributed by atoms with Crippen LogP contribution in [-0.2, 0) is 10.1 Å². The van der Waals surface area contributed by atoms with Crippen LogP contribution in [0.25, 0.3) is 10.8 Å². The van der Waals surface area contributed by atoms with Crippen molar-refractivity contribution in [2.45, 2.75) is 0 Å². The molecule has 0 saturated heterocycles. The minimum atomic E-state index is -4.63. The molecule has 0 fully saturated rings. The first-order valence-electron chi connectivity index (χ1n) is 4.66. The largest absolute Gasteiger partial charge is 0.467 e. The molecule has 0 atom stereocenters. The van der Waals surface area contributed by atoms with Gasteiger partial charge in [-0.3, -0.25) is 0 Å². The van der Waals surface area contributed by atoms with Crippen LogP contribution in [0.2, 0.25) is 0 Å². The number of hydrogen-bond donors (Lipinski definition) is 1. The monoisotopic (exact) mass is 252 g/mol. The average molecular weight is 252 g/mol. The fraction of sp³-hybridized carbons (Fsp3) is 0. The van der Waals surface area contributed by atoms with Gasteiger partial charge in [-0.15, -0.1) is 0 Å². The lowest BCUT2D eigenvalue weighted by Gasteiger charge is -2.06. The third kappa shape index (κ3) is 2.21. The Kier molecular flexibility index (Phi) is 2.72. The van der Waals surface area contributed by atoms with Crippen molar-refractivity contribution in [3.8, 4) is 5.75 Å². The van der Waals surface area contributed by atoms with Crippen molar-refractivity contribution in [1.82, 2.24) is 0 Å². The molecule has 2 rings (SSSR count). The van der Waals surface area contributed by atoms with Crippen molar-refractivity contribution >= 4 is 26.2 Å². The maximum Gasteiger partial charge on any atom is 0.461 e. The number of carboxylic acid groups (broad SMARTS) is 1. The van der Waals surface area contributed by atoms with E-state index < -0.39 is 15.4 Å². The normalized spacial score (nSPS) is 11.3. The molecule has 1 N–H and O–H groups in total. The van der Waals surface area contributed by atoms with Gasteiger partial charge in [0.25, 0.3) is 0 Å². The third-order valence-corrected chi connectivity index (χ3v) is 2.99. The highest BCUT2D eigenvalue weighted by Gasteiger charge is 2.23. The maximum atomic E-state index is 11.1. The van der Waals surface area contributed by atoms with E-state index in [4.69, 9.17) is 5.11 Å². The van der Waals surface area contributed by atoms with Crippen LogP contribution < -0.4 is 4.18 Å². The van der Waals surface area contributed by atoms with Gasteiger partial charge < -0.3 is 9.29 Å². The molecule has 0 aliphatic rings. The number of hydrogen-bond acceptors (Lipinski definition) is 4. The Morgan fingerprint density at radius 3 is 2.41 bits per heavy atom. The van der Waals surface area contributed by atoms with Gasteiger partial charge in [0, 0.05) is 5.39 Å². The molecule has 5 nitrogen and oxygen atoms in total. The molecule has 2 aromatic carbocycles. The van der Waals surface area contributed by atoms with Crippen LogP contribution in [-0.4, -0.2) is 18.8 Å². The second-order valence-electron chi connectivity index (χ2n) is 3.28. The SMILES string of the molecule is O=C(O)S(=O)(=O)Oc1cccc2ccccc12. The smallest absolute Gasteiger partial charge is 0.461 e. The molecular weight excluding hydrogens is 244 g/mol. The summed E-state index contributed by atoms with van der Waals surface area (Å²) >= 11 is 0. The first kappa shape index (κ1) is 11.4. The second-order valence-corrected chi connectivity index (χ2v) is 4.70. The van der Waals surface area contributed by atoms with Gasteiger partial charge in [-0.1, -0.05) is 36.4 Å². The maximum absolute atomic E-state index is 11.1. The highest BCUT2D eigenvalue weighted by atomic mass is 32.2. The average Bonchev–Trinajstić information content (AvgIpc) is 2.29. The van der Waals surface area contributed by atoms with Crippen LogP contribution in [0.4, 0.5) is 4.79 Å². The molecule has 17 heavy (non-hydrogen) atoms. The Morgan fingerprint density at radius 1 is 1.06 bits per heavy atom. The minimum Gasteiger partial charge on any atom is -0.467 e. The zero-order valence-electron chi connectivity index (χ0n) is 8.53. The standard InChI is InChI=1S/C11H8O5S/c12-11(13)17(14,15)16-10-7-3-5-8-4-1-2-6-9(8)10/h1-7H,(H,12,13). The Morgan fingerprint density at radius 2 is 1.71 bits per heavy atom. The van der Waals surface area contributed by atoms with Crippen molar-refractivity contribution < 1.29 is 22.5 Å². The van der Waals surface area contributed by atoms with Crippen LogP contribution >= 0.6 is 0 Å². The molecule has 0 unspecified atom stereocenters. The van der Waals surface area contributed by atoms with E-state index in [1.54, 1.807) is 36.4 Å². The number of benzene rings is 2. The van der Waals surface area contributed by atoms with E-state index in [1.165, 1.54) is 6.07 Å². The summed E-state index contributed by atoms with van der Waals surface area (Å²) in [6.07, 6.45) is 0. The molecule has 0 heterocycles. The van der Waals surface area contributed by atoms with Crippen molar-refractivity contribution in [2.75, 3.05) is 0 Å². The van der Waals surface area contributed by atoms with E-state index in [-0.39, 0.29) is 5.75 Å². The van der Waals surface area contributed by atoms with Gasteiger partial charge in [0.15, 0.2) is 5.75 Å². The molecule has 0 amide bonds. The highest BCUT2D eigenvalue weighted by molar-refractivity contribution is 8.01. The van der Waals surface area contributed by atoms with Crippen molar-refractivity contribution in [2.24, 2.45) is 0 Å². The summed E-state index contributed by atoms with van der Waals surface area (Å²) in [5.74, 6) is 0.00509. The van der Waals surface area contributed by atoms with Gasteiger partial charge >= 0.3 is 15.4 Å². The van der Waals surface area contributed by atoms with Crippen LogP contribution in [0.1, 0.15) is 0 Å². The van der Waals surface area contributed by atoms with Crippen LogP contribution in [0.3, 0.4) is 0 Å². The predicted molar refractivity (Wildman–Crippen MR) is 61.5 cm³/mol. The summed E-state index contributed by atoms with van der Waals surface area (Å²) in [5, 5.41) is 7.76. The summed E-state index contributed by atoms with van der Waals surface area (Å²) in [6, 6.07) is 11.7. The Bertz CT molecular complexity index is 670. The van der Waals surface area contributed by atoms with Crippen LogP contribution in [0.15, 0.2) is 42.5 Å². The summed E-state index contributed by atoms with van der Waals surface area (Å²) < 4.78 is 26.8. The summed E-state index contributed by atoms with van der Waals surface area (Å²) in [7, 11) is -4.63. The highest BCUT2D eigenvalue weighted by Crippen LogP contribution is 2.26. The molecule has 0 saturated carbocycles. The summed E-state index contributed by atoms with van der Waals surface area (Å²) in [6.45, 7) is 0. The molecule has 0 aliphatic heterocycles. The molecule has 0 bridgehead atoms. The number of rotatable bonds is 2. The van der Waals surface area contributed by atoms with Gasteiger partial charge in [0.1, 0.15) is 0 Å². The van der Waals surface area contributed by atoms with Gasteiger partial charge in [-0.2, -0.15) is 8.42 Å². The van der Waals surface area contributed by atoms with Gasteiger partial charge in [0.05, 0.1) is 0 Å². The van der Waals surface area contributed by atoms with Crippen LogP contribution in [0.5, 0.6) is 5.75 Å². The zero-order valence-corrected chi connectivity index (χ0v) is 9.35. The van der Waals surface area contributed by atoms with E-state index in [0.29, 0.717) is 5.39 Å². The lowest BCUT2D eigenvalue weighted by molar-refractivity contribution is 0.216. The van der Waals surface area contributed by atoms with E-state index in [0.717, 1.165) is 5.39 Å². The second kappa shape index (κ2) is 4.06. The predicted octanol–water partition coefficient (Wildman–Crippen LogP) is 2.23. The van der Waals surface area contributed by atoms with Crippen LogP contribution in [0, 0.1) is 0 Å². The Balaban J connectivity index is 2.54. The van der Waals surface area contributed by atoms with E-state index >= 15 is 0 Å². The molecule has 0 aliphatic carbocycles. The first-order chi connectivity index (χ1) is 8.00. The molecule has 0 aromatic heterocycles. The van der Waals surface area contributed by atoms with Gasteiger partial charge in [0.2, 0.25) is 0 Å². The van der Waals surface area contributed by atoms with Crippen molar-refractivity contribution in [3.63, 3.8) is 0 Å². The van der Waals surface area contributed by atoms with Crippen molar-refractivity contribution in [1.29, 1.82) is 0 Å². The molecule has 0 radical (unpaired) electrons. The number of fused-ring (bicyclic) bond motifs is 1. The van der Waals surface area contributed by atoms with E-state index in [2.05, 4.69) is 4.18 Å². The summed E-state index contributed by atoms with van der Waals surface area (Å²) in [5.41, 5.74) is 0.